The summed E-state index contributed by atoms with van der Waals surface area (Å²) in [4.78, 5) is 8.85. The Morgan fingerprint density at radius 1 is 1.14 bits per heavy atom. The molecule has 1 heterocycles. The topological polar surface area (TPSA) is 63.8 Å². The van der Waals surface area contributed by atoms with Crippen LogP contribution in [0.3, 0.4) is 0 Å². The van der Waals surface area contributed by atoms with E-state index >= 15 is 0 Å². The minimum Gasteiger partial charge on any atom is -0.381 e. The summed E-state index contributed by atoms with van der Waals surface area (Å²) in [5, 5.41) is 3.84. The molecule has 2 aromatic carbocycles. The van der Waals surface area contributed by atoms with E-state index < -0.39 is 0 Å². The molecule has 4 nitrogen and oxygen atoms in total. The molecule has 6 heteroatoms. The third-order valence-electron chi connectivity index (χ3n) is 3.10. The lowest BCUT2D eigenvalue weighted by Crippen LogP contribution is -2.03. The molecule has 0 amide bonds. The maximum Gasteiger partial charge on any atom is 0.174 e. The van der Waals surface area contributed by atoms with Crippen LogP contribution in [0.1, 0.15) is 5.56 Å². The second-order valence-corrected chi connectivity index (χ2v) is 5.91. The predicted molar refractivity (Wildman–Crippen MR) is 91.1 cm³/mol. The summed E-state index contributed by atoms with van der Waals surface area (Å²) in [5.41, 5.74) is 9.30. The molecule has 106 valence electrons. The summed E-state index contributed by atoms with van der Waals surface area (Å²) >= 11 is 9.66. The Morgan fingerprint density at radius 3 is 2.52 bits per heavy atom. The summed E-state index contributed by atoms with van der Waals surface area (Å²) < 4.78 is 0.888. The largest absolute Gasteiger partial charge is 0.381 e. The highest BCUT2D eigenvalue weighted by Crippen LogP contribution is 2.32. The van der Waals surface area contributed by atoms with Gasteiger partial charge in [-0.1, -0.05) is 23.7 Å². The van der Waals surface area contributed by atoms with Crippen LogP contribution in [-0.2, 0) is 0 Å². The van der Waals surface area contributed by atoms with Crippen LogP contribution in [-0.4, -0.2) is 9.97 Å². The number of nitrogen functional groups attached to an aromatic ring is 1. The van der Waals surface area contributed by atoms with E-state index in [1.807, 2.05) is 43.3 Å². The zero-order valence-electron chi connectivity index (χ0n) is 11.2. The van der Waals surface area contributed by atoms with Gasteiger partial charge in [0.1, 0.15) is 0 Å². The summed E-state index contributed by atoms with van der Waals surface area (Å²) in [5.74, 6) is 0.853. The second-order valence-electron chi connectivity index (χ2n) is 4.65. The molecule has 3 rings (SSSR count). The monoisotopic (exact) mass is 362 g/mol. The first-order chi connectivity index (χ1) is 10.0. The van der Waals surface area contributed by atoms with Crippen molar-refractivity contribution in [1.29, 1.82) is 0 Å². The fourth-order valence-corrected chi connectivity index (χ4v) is 2.70. The van der Waals surface area contributed by atoms with E-state index in [1.54, 1.807) is 0 Å². The van der Waals surface area contributed by atoms with E-state index in [1.165, 1.54) is 0 Å². The molecular formula is C15H12BrClN4. The van der Waals surface area contributed by atoms with Gasteiger partial charge in [-0.25, -0.2) is 9.97 Å². The molecule has 0 radical (unpaired) electrons. The normalized spacial score (nSPS) is 10.8. The van der Waals surface area contributed by atoms with Crippen LogP contribution < -0.4 is 11.1 Å². The third kappa shape index (κ3) is 2.80. The molecular weight excluding hydrogens is 352 g/mol. The summed E-state index contributed by atoms with van der Waals surface area (Å²) in [6, 6.07) is 11.4. The van der Waals surface area contributed by atoms with Gasteiger partial charge in [-0.15, -0.1) is 0 Å². The van der Waals surface area contributed by atoms with E-state index in [9.17, 15) is 0 Å². The van der Waals surface area contributed by atoms with Crippen LogP contribution in [0.4, 0.5) is 17.3 Å². The molecule has 0 saturated heterocycles. The van der Waals surface area contributed by atoms with Crippen molar-refractivity contribution >= 4 is 55.9 Å². The first kappa shape index (κ1) is 14.1. The molecule has 0 aliphatic carbocycles. The van der Waals surface area contributed by atoms with E-state index in [-0.39, 0.29) is 0 Å². The van der Waals surface area contributed by atoms with E-state index in [2.05, 4.69) is 31.2 Å². The molecule has 0 unspecified atom stereocenters. The molecule has 0 spiro atoms. The molecule has 0 aliphatic rings. The number of hydrogen-bond donors (Lipinski definition) is 2. The number of aryl methyl sites for hydroxylation is 1. The smallest absolute Gasteiger partial charge is 0.174 e. The Kier molecular flexibility index (Phi) is 3.69. The number of nitrogens with zero attached hydrogens (tertiary/aromatic N) is 2. The zero-order valence-corrected chi connectivity index (χ0v) is 13.5. The van der Waals surface area contributed by atoms with E-state index in [0.717, 1.165) is 26.8 Å². The lowest BCUT2D eigenvalue weighted by Gasteiger charge is -2.12. The van der Waals surface area contributed by atoms with Gasteiger partial charge >= 0.3 is 0 Å². The maximum atomic E-state index is 6.16. The molecule has 1 aromatic heterocycles. The highest BCUT2D eigenvalue weighted by Gasteiger charge is 2.09. The number of aromatic nitrogens is 2. The minimum atomic E-state index is 0.345. The lowest BCUT2D eigenvalue weighted by molar-refractivity contribution is 1.28. The van der Waals surface area contributed by atoms with Gasteiger partial charge in [-0.3, -0.25) is 0 Å². The van der Waals surface area contributed by atoms with Crippen LogP contribution in [0.15, 0.2) is 40.9 Å². The number of benzene rings is 2. The number of hydrogen-bond acceptors (Lipinski definition) is 4. The molecule has 3 N–H and O–H groups in total. The number of anilines is 3. The van der Waals surface area contributed by atoms with E-state index in [0.29, 0.717) is 16.7 Å². The Morgan fingerprint density at radius 2 is 1.81 bits per heavy atom. The van der Waals surface area contributed by atoms with Crippen LogP contribution in [0.5, 0.6) is 0 Å². The SMILES string of the molecule is Cc1cc(Br)c(Nc2nc3ccccc3nc2N)cc1Cl. The number of nitrogens with one attached hydrogen (secondary N) is 1. The quantitative estimate of drug-likeness (QED) is 0.694. The van der Waals surface area contributed by atoms with Gasteiger partial charge in [0.15, 0.2) is 11.6 Å². The number of fused-ring (bicyclic) bond motifs is 1. The molecule has 3 aromatic rings. The van der Waals surface area contributed by atoms with Crippen molar-refractivity contribution in [3.8, 4) is 0 Å². The zero-order chi connectivity index (χ0) is 15.0. The molecule has 0 fully saturated rings. The fourth-order valence-electron chi connectivity index (χ4n) is 1.98. The van der Waals surface area contributed by atoms with Crippen LogP contribution in [0.2, 0.25) is 5.02 Å². The van der Waals surface area contributed by atoms with E-state index in [4.69, 9.17) is 17.3 Å². The second kappa shape index (κ2) is 5.50. The molecule has 0 bridgehead atoms. The van der Waals surface area contributed by atoms with Crippen LogP contribution in [0, 0.1) is 6.92 Å². The van der Waals surface area contributed by atoms with Crippen molar-refractivity contribution < 1.29 is 0 Å². The number of nitrogens with two attached hydrogens (primary N) is 1. The number of rotatable bonds is 2. The fraction of sp³-hybridized carbons (Fsp3) is 0.0667. The molecule has 0 saturated carbocycles. The van der Waals surface area contributed by atoms with Crippen molar-refractivity contribution in [1.82, 2.24) is 9.97 Å². The highest BCUT2D eigenvalue weighted by molar-refractivity contribution is 9.10. The van der Waals surface area contributed by atoms with Gasteiger partial charge in [-0.05, 0) is 52.7 Å². The Balaban J connectivity index is 2.05. The predicted octanol–water partition coefficient (Wildman–Crippen LogP) is 4.68. The number of para-hydroxylation sites is 2. The first-order valence-corrected chi connectivity index (χ1v) is 7.46. The standard InChI is InChI=1S/C15H12BrClN4/c1-8-6-9(16)13(7-10(8)17)21-15-14(18)19-11-4-2-3-5-12(11)20-15/h2-7H,1H3,(H2,18,19)(H,20,21). The molecule has 0 aliphatic heterocycles. The average molecular weight is 364 g/mol. The lowest BCUT2D eigenvalue weighted by atomic mass is 10.2. The Labute approximate surface area is 135 Å². The van der Waals surface area contributed by atoms with Crippen LogP contribution >= 0.6 is 27.5 Å². The Hall–Kier alpha value is -1.85. The van der Waals surface area contributed by atoms with Crippen molar-refractivity contribution in [3.63, 3.8) is 0 Å². The van der Waals surface area contributed by atoms with Crippen molar-refractivity contribution in [2.45, 2.75) is 6.92 Å². The third-order valence-corrected chi connectivity index (χ3v) is 4.16. The van der Waals surface area contributed by atoms with Crippen molar-refractivity contribution in [2.24, 2.45) is 0 Å². The minimum absolute atomic E-state index is 0.345. The first-order valence-electron chi connectivity index (χ1n) is 6.29. The van der Waals surface area contributed by atoms with Gasteiger partial charge in [0.05, 0.1) is 16.7 Å². The summed E-state index contributed by atoms with van der Waals surface area (Å²) in [7, 11) is 0. The van der Waals surface area contributed by atoms with Crippen molar-refractivity contribution in [3.05, 3.63) is 51.5 Å². The Bertz CT molecular complexity index is 835. The highest BCUT2D eigenvalue weighted by atomic mass is 79.9. The van der Waals surface area contributed by atoms with Gasteiger partial charge in [0, 0.05) is 9.50 Å². The average Bonchev–Trinajstić information content (AvgIpc) is 2.45. The summed E-state index contributed by atoms with van der Waals surface area (Å²) in [6.07, 6.45) is 0. The summed E-state index contributed by atoms with van der Waals surface area (Å²) in [6.45, 7) is 1.95. The van der Waals surface area contributed by atoms with Gasteiger partial charge in [0.2, 0.25) is 0 Å². The van der Waals surface area contributed by atoms with Crippen molar-refractivity contribution in [2.75, 3.05) is 11.1 Å². The molecule has 0 atom stereocenters. The van der Waals surface area contributed by atoms with Gasteiger partial charge < -0.3 is 11.1 Å². The van der Waals surface area contributed by atoms with Gasteiger partial charge in [-0.2, -0.15) is 0 Å². The molecule has 21 heavy (non-hydrogen) atoms. The maximum absolute atomic E-state index is 6.16. The number of halogens is 2. The van der Waals surface area contributed by atoms with Crippen LogP contribution in [0.25, 0.3) is 11.0 Å². The van der Waals surface area contributed by atoms with Gasteiger partial charge in [0.25, 0.3) is 0 Å².